The lowest BCUT2D eigenvalue weighted by atomic mass is 9.95. The number of nitrogens with one attached hydrogen (secondary N) is 3. The molecule has 1 atom stereocenters. The molecule has 3 N–H and O–H groups in total. The Labute approximate surface area is 178 Å². The molecule has 1 aliphatic rings. The van der Waals surface area contributed by atoms with Crippen molar-refractivity contribution >= 4 is 33.4 Å². The summed E-state index contributed by atoms with van der Waals surface area (Å²) in [5, 5.41) is 8.65. The van der Waals surface area contributed by atoms with E-state index in [4.69, 9.17) is 5.10 Å². The number of pyridine rings is 1. The Bertz CT molecular complexity index is 1110. The standard InChI is InChI=1S/C22H29N5O2S/c1-22(2,3)26-30(29)17-11-9-15(10-12-17)24-20-19-18(13-14-23-21(19)28)27(25-20)16-7-5-4-6-8-16/h9-14,16,26H,4-8H2,1-3H3,(H,23,28)(H,24,25). The summed E-state index contributed by atoms with van der Waals surface area (Å²) >= 11 is 0. The van der Waals surface area contributed by atoms with Gasteiger partial charge in [0.15, 0.2) is 5.82 Å². The van der Waals surface area contributed by atoms with Crippen LogP contribution in [-0.2, 0) is 11.0 Å². The van der Waals surface area contributed by atoms with E-state index >= 15 is 0 Å². The number of aromatic nitrogens is 3. The van der Waals surface area contributed by atoms with Gasteiger partial charge >= 0.3 is 0 Å². The fraction of sp³-hybridized carbons (Fsp3) is 0.455. The van der Waals surface area contributed by atoms with Gasteiger partial charge in [-0.2, -0.15) is 5.10 Å². The number of hydrogen-bond donors (Lipinski definition) is 3. The third-order valence-electron chi connectivity index (χ3n) is 5.28. The van der Waals surface area contributed by atoms with Gasteiger partial charge in [-0.15, -0.1) is 0 Å². The summed E-state index contributed by atoms with van der Waals surface area (Å²) < 4.78 is 17.5. The van der Waals surface area contributed by atoms with Crippen molar-refractivity contribution in [2.24, 2.45) is 0 Å². The number of aromatic amines is 1. The molecule has 2 aromatic heterocycles. The van der Waals surface area contributed by atoms with Gasteiger partial charge in [0.05, 0.1) is 16.5 Å². The third-order valence-corrected chi connectivity index (χ3v) is 6.78. The third kappa shape index (κ3) is 4.49. The monoisotopic (exact) mass is 427 g/mol. The minimum Gasteiger partial charge on any atom is -0.338 e. The van der Waals surface area contributed by atoms with Crippen molar-refractivity contribution in [3.8, 4) is 0 Å². The second kappa shape index (κ2) is 8.35. The highest BCUT2D eigenvalue weighted by Gasteiger charge is 2.22. The van der Waals surface area contributed by atoms with Gasteiger partial charge in [0.25, 0.3) is 5.56 Å². The maximum absolute atomic E-state index is 12.6. The molecule has 1 fully saturated rings. The molecule has 3 aromatic rings. The second-order valence-electron chi connectivity index (χ2n) is 8.92. The molecule has 1 saturated carbocycles. The molecule has 8 heteroatoms. The van der Waals surface area contributed by atoms with Crippen LogP contribution >= 0.6 is 0 Å². The largest absolute Gasteiger partial charge is 0.338 e. The molecule has 0 radical (unpaired) electrons. The van der Waals surface area contributed by atoms with Gasteiger partial charge in [0.1, 0.15) is 16.4 Å². The summed E-state index contributed by atoms with van der Waals surface area (Å²) in [6.07, 6.45) is 7.51. The molecule has 1 unspecified atom stereocenters. The predicted molar refractivity (Wildman–Crippen MR) is 121 cm³/mol. The summed E-state index contributed by atoms with van der Waals surface area (Å²) in [6.45, 7) is 5.93. The summed E-state index contributed by atoms with van der Waals surface area (Å²) in [5.41, 5.74) is 1.27. The lowest BCUT2D eigenvalue weighted by Crippen LogP contribution is -2.37. The second-order valence-corrected chi connectivity index (χ2v) is 10.1. The number of H-pyrrole nitrogens is 1. The Hall–Kier alpha value is -2.45. The van der Waals surface area contributed by atoms with E-state index in [2.05, 4.69) is 15.0 Å². The van der Waals surface area contributed by atoms with E-state index in [1.165, 1.54) is 19.3 Å². The summed E-state index contributed by atoms with van der Waals surface area (Å²) in [6, 6.07) is 9.62. The van der Waals surface area contributed by atoms with Gasteiger partial charge in [0, 0.05) is 17.4 Å². The first-order chi connectivity index (χ1) is 14.3. The Balaban J connectivity index is 1.62. The van der Waals surface area contributed by atoms with Crippen molar-refractivity contribution in [3.05, 3.63) is 46.9 Å². The van der Waals surface area contributed by atoms with Crippen molar-refractivity contribution in [3.63, 3.8) is 0 Å². The van der Waals surface area contributed by atoms with E-state index < -0.39 is 11.0 Å². The predicted octanol–water partition coefficient (Wildman–Crippen LogP) is 4.38. The van der Waals surface area contributed by atoms with Crippen LogP contribution < -0.4 is 15.6 Å². The summed E-state index contributed by atoms with van der Waals surface area (Å²) in [5.74, 6) is 0.555. The summed E-state index contributed by atoms with van der Waals surface area (Å²) in [7, 11) is -1.29. The molecule has 1 aromatic carbocycles. The number of benzene rings is 1. The first-order valence-electron chi connectivity index (χ1n) is 10.5. The van der Waals surface area contributed by atoms with Gasteiger partial charge in [-0.05, 0) is 63.9 Å². The highest BCUT2D eigenvalue weighted by molar-refractivity contribution is 7.83. The Kier molecular flexibility index (Phi) is 5.79. The molecule has 2 heterocycles. The number of hydrogen-bond acceptors (Lipinski definition) is 4. The van der Waals surface area contributed by atoms with Crippen molar-refractivity contribution in [1.82, 2.24) is 19.5 Å². The molecular formula is C22H29N5O2S. The fourth-order valence-corrected chi connectivity index (χ4v) is 4.98. The van der Waals surface area contributed by atoms with Crippen LogP contribution in [0.25, 0.3) is 10.9 Å². The average molecular weight is 428 g/mol. The SMILES string of the molecule is CC(C)(C)NS(=O)c1ccc(Nc2nn(C3CCCCC3)c3cc[nH]c(=O)c23)cc1. The van der Waals surface area contributed by atoms with E-state index in [9.17, 15) is 9.00 Å². The number of anilines is 2. The minimum atomic E-state index is -1.29. The van der Waals surface area contributed by atoms with Crippen LogP contribution in [0.15, 0.2) is 46.2 Å². The van der Waals surface area contributed by atoms with E-state index in [-0.39, 0.29) is 11.1 Å². The molecule has 160 valence electrons. The smallest absolute Gasteiger partial charge is 0.261 e. The van der Waals surface area contributed by atoms with E-state index in [1.807, 2.05) is 55.8 Å². The lowest BCUT2D eigenvalue weighted by molar-refractivity contribution is 0.338. The molecule has 7 nitrogen and oxygen atoms in total. The molecule has 0 saturated heterocycles. The summed E-state index contributed by atoms with van der Waals surface area (Å²) in [4.78, 5) is 16.0. The highest BCUT2D eigenvalue weighted by Crippen LogP contribution is 2.32. The molecule has 1 aliphatic carbocycles. The van der Waals surface area contributed by atoms with Crippen LogP contribution in [0.4, 0.5) is 11.5 Å². The van der Waals surface area contributed by atoms with Gasteiger partial charge in [0.2, 0.25) is 0 Å². The molecule has 4 rings (SSSR count). The maximum atomic E-state index is 12.6. The van der Waals surface area contributed by atoms with E-state index in [0.717, 1.165) is 24.0 Å². The van der Waals surface area contributed by atoms with Crippen LogP contribution in [-0.4, -0.2) is 24.5 Å². The minimum absolute atomic E-state index is 0.149. The van der Waals surface area contributed by atoms with Gasteiger partial charge in [-0.25, -0.2) is 8.93 Å². The number of fused-ring (bicyclic) bond motifs is 1. The average Bonchev–Trinajstić information content (AvgIpc) is 3.07. The number of rotatable bonds is 5. The normalized spacial score (nSPS) is 16.6. The molecule has 30 heavy (non-hydrogen) atoms. The van der Waals surface area contributed by atoms with Crippen molar-refractivity contribution < 1.29 is 4.21 Å². The van der Waals surface area contributed by atoms with Crippen molar-refractivity contribution in [1.29, 1.82) is 0 Å². The van der Waals surface area contributed by atoms with Gasteiger partial charge < -0.3 is 10.3 Å². The van der Waals surface area contributed by atoms with Crippen LogP contribution in [0.5, 0.6) is 0 Å². The quantitative estimate of drug-likeness (QED) is 0.563. The molecule has 0 bridgehead atoms. The topological polar surface area (TPSA) is 91.8 Å². The van der Waals surface area contributed by atoms with Crippen LogP contribution in [0.1, 0.15) is 58.9 Å². The van der Waals surface area contributed by atoms with Crippen LogP contribution in [0.3, 0.4) is 0 Å². The molecular weight excluding hydrogens is 398 g/mol. The maximum Gasteiger partial charge on any atom is 0.261 e. The van der Waals surface area contributed by atoms with Crippen molar-refractivity contribution in [2.75, 3.05) is 5.32 Å². The van der Waals surface area contributed by atoms with E-state index in [0.29, 0.717) is 22.1 Å². The molecule has 0 aliphatic heterocycles. The van der Waals surface area contributed by atoms with Crippen LogP contribution in [0, 0.1) is 0 Å². The zero-order valence-electron chi connectivity index (χ0n) is 17.7. The van der Waals surface area contributed by atoms with Crippen LogP contribution in [0.2, 0.25) is 0 Å². The first kappa shape index (κ1) is 20.8. The fourth-order valence-electron chi connectivity index (χ4n) is 3.93. The zero-order valence-corrected chi connectivity index (χ0v) is 18.5. The number of nitrogens with zero attached hydrogens (tertiary/aromatic N) is 2. The Morgan fingerprint density at radius 3 is 2.47 bits per heavy atom. The van der Waals surface area contributed by atoms with E-state index in [1.54, 1.807) is 6.20 Å². The zero-order chi connectivity index (χ0) is 21.3. The molecule has 0 amide bonds. The lowest BCUT2D eigenvalue weighted by Gasteiger charge is -2.22. The van der Waals surface area contributed by atoms with Gasteiger partial charge in [-0.1, -0.05) is 19.3 Å². The van der Waals surface area contributed by atoms with Gasteiger partial charge in [-0.3, -0.25) is 9.48 Å². The Morgan fingerprint density at radius 2 is 1.80 bits per heavy atom. The highest BCUT2D eigenvalue weighted by atomic mass is 32.2. The molecule has 0 spiro atoms. The van der Waals surface area contributed by atoms with Crippen molar-refractivity contribution in [2.45, 2.75) is 69.4 Å². The first-order valence-corrected chi connectivity index (χ1v) is 11.6. The Morgan fingerprint density at radius 1 is 1.10 bits per heavy atom.